The molecule has 0 spiro atoms. The number of benzene rings is 1. The van der Waals surface area contributed by atoms with Crippen LogP contribution in [0.3, 0.4) is 0 Å². The van der Waals surface area contributed by atoms with Crippen molar-refractivity contribution in [2.75, 3.05) is 33.7 Å². The molecule has 126 valence electrons. The first kappa shape index (κ1) is 17.5. The Hall–Kier alpha value is -1.88. The third-order valence-corrected chi connectivity index (χ3v) is 4.20. The predicted molar refractivity (Wildman–Crippen MR) is 91.0 cm³/mol. The van der Waals surface area contributed by atoms with Crippen molar-refractivity contribution in [3.05, 3.63) is 35.4 Å². The lowest BCUT2D eigenvalue weighted by Crippen LogP contribution is -2.38. The molecule has 1 fully saturated rings. The van der Waals surface area contributed by atoms with Gasteiger partial charge in [0.25, 0.3) is 0 Å². The number of amides is 2. The Morgan fingerprint density at radius 3 is 2.78 bits per heavy atom. The van der Waals surface area contributed by atoms with Gasteiger partial charge in [0.05, 0.1) is 0 Å². The van der Waals surface area contributed by atoms with Crippen molar-refractivity contribution < 1.29 is 9.59 Å². The average Bonchev–Trinajstić information content (AvgIpc) is 2.89. The molecule has 0 bridgehead atoms. The van der Waals surface area contributed by atoms with Crippen molar-refractivity contribution in [3.8, 4) is 0 Å². The maximum atomic E-state index is 12.5. The zero-order valence-corrected chi connectivity index (χ0v) is 14.3. The van der Waals surface area contributed by atoms with Crippen molar-refractivity contribution in [2.24, 2.45) is 0 Å². The van der Waals surface area contributed by atoms with Crippen LogP contribution < -0.4 is 5.32 Å². The number of aryl methyl sites for hydroxylation is 1. The molecular weight excluding hydrogens is 290 g/mol. The second kappa shape index (κ2) is 8.11. The van der Waals surface area contributed by atoms with E-state index in [0.717, 1.165) is 37.1 Å². The average molecular weight is 317 g/mol. The Kier molecular flexibility index (Phi) is 6.16. The lowest BCUT2D eigenvalue weighted by molar-refractivity contribution is -0.127. The van der Waals surface area contributed by atoms with Gasteiger partial charge in [-0.15, -0.1) is 0 Å². The molecule has 0 saturated carbocycles. The summed E-state index contributed by atoms with van der Waals surface area (Å²) in [7, 11) is 3.82. The third kappa shape index (κ3) is 4.79. The first-order chi connectivity index (χ1) is 11.0. The van der Waals surface area contributed by atoms with E-state index in [0.29, 0.717) is 13.0 Å². The molecule has 0 aromatic heterocycles. The highest BCUT2D eigenvalue weighted by molar-refractivity contribution is 5.83. The van der Waals surface area contributed by atoms with Crippen LogP contribution in [0.15, 0.2) is 24.3 Å². The zero-order valence-electron chi connectivity index (χ0n) is 14.3. The maximum absolute atomic E-state index is 12.5. The largest absolute Gasteiger partial charge is 0.354 e. The molecule has 1 N–H and O–H groups in total. The van der Waals surface area contributed by atoms with Crippen LogP contribution in [0.5, 0.6) is 0 Å². The molecule has 1 aliphatic rings. The molecular formula is C18H27N3O2. The minimum atomic E-state index is -0.289. The van der Waals surface area contributed by atoms with E-state index >= 15 is 0 Å². The molecule has 1 aromatic rings. The van der Waals surface area contributed by atoms with Crippen molar-refractivity contribution in [1.82, 2.24) is 15.1 Å². The van der Waals surface area contributed by atoms with Crippen molar-refractivity contribution in [3.63, 3.8) is 0 Å². The monoisotopic (exact) mass is 317 g/mol. The second-order valence-corrected chi connectivity index (χ2v) is 6.41. The molecule has 1 saturated heterocycles. The first-order valence-electron chi connectivity index (χ1n) is 8.27. The van der Waals surface area contributed by atoms with Crippen LogP contribution in [-0.2, 0) is 9.59 Å². The van der Waals surface area contributed by atoms with Crippen LogP contribution >= 0.6 is 0 Å². The summed E-state index contributed by atoms with van der Waals surface area (Å²) in [6.45, 7) is 4.21. The first-order valence-corrected chi connectivity index (χ1v) is 8.27. The van der Waals surface area contributed by atoms with E-state index < -0.39 is 0 Å². The van der Waals surface area contributed by atoms with Crippen LogP contribution in [0.25, 0.3) is 0 Å². The Bertz CT molecular complexity index is 557. The van der Waals surface area contributed by atoms with Crippen LogP contribution in [0.1, 0.15) is 36.4 Å². The highest BCUT2D eigenvalue weighted by Crippen LogP contribution is 2.19. The SMILES string of the molecule is Cc1cccc([C@H](C(=O)NCCCN2CCCC2=O)N(C)C)c1. The minimum Gasteiger partial charge on any atom is -0.354 e. The highest BCUT2D eigenvalue weighted by atomic mass is 16.2. The fourth-order valence-electron chi connectivity index (χ4n) is 3.04. The van der Waals surface area contributed by atoms with Gasteiger partial charge in [-0.2, -0.15) is 0 Å². The van der Waals surface area contributed by atoms with Gasteiger partial charge in [-0.25, -0.2) is 0 Å². The molecule has 23 heavy (non-hydrogen) atoms. The predicted octanol–water partition coefficient (Wildman–Crippen LogP) is 1.73. The van der Waals surface area contributed by atoms with Gasteiger partial charge in [-0.1, -0.05) is 29.8 Å². The minimum absolute atomic E-state index is 0.00773. The Morgan fingerprint density at radius 1 is 1.39 bits per heavy atom. The van der Waals surface area contributed by atoms with Gasteiger partial charge in [-0.05, 0) is 39.4 Å². The standard InChI is InChI=1S/C18H27N3O2/c1-14-7-4-8-15(13-14)17(20(2)3)18(23)19-10-6-12-21-11-5-9-16(21)22/h4,7-8,13,17H,5-6,9-12H2,1-3H3,(H,19,23)/t17-/m1/s1. The summed E-state index contributed by atoms with van der Waals surface area (Å²) in [6, 6.07) is 7.75. The Morgan fingerprint density at radius 2 is 2.17 bits per heavy atom. The van der Waals surface area contributed by atoms with E-state index in [1.165, 1.54) is 0 Å². The molecule has 0 radical (unpaired) electrons. The molecule has 5 nitrogen and oxygen atoms in total. The number of carbonyl (C=O) groups is 2. The molecule has 0 aliphatic carbocycles. The summed E-state index contributed by atoms with van der Waals surface area (Å²) in [4.78, 5) is 27.9. The van der Waals surface area contributed by atoms with Crippen molar-refractivity contribution in [1.29, 1.82) is 0 Å². The molecule has 1 heterocycles. The molecule has 1 aromatic carbocycles. The highest BCUT2D eigenvalue weighted by Gasteiger charge is 2.23. The quantitative estimate of drug-likeness (QED) is 0.779. The van der Waals surface area contributed by atoms with Gasteiger partial charge in [0.15, 0.2) is 0 Å². The summed E-state index contributed by atoms with van der Waals surface area (Å²) in [6.07, 6.45) is 2.43. The topological polar surface area (TPSA) is 52.7 Å². The molecule has 2 amide bonds. The van der Waals surface area contributed by atoms with E-state index in [9.17, 15) is 9.59 Å². The molecule has 1 atom stereocenters. The molecule has 0 unspecified atom stereocenters. The fourth-order valence-corrected chi connectivity index (χ4v) is 3.04. The van der Waals surface area contributed by atoms with E-state index in [2.05, 4.69) is 5.32 Å². The van der Waals surface area contributed by atoms with Crippen molar-refractivity contribution in [2.45, 2.75) is 32.2 Å². The van der Waals surface area contributed by atoms with Crippen LogP contribution in [-0.4, -0.2) is 55.3 Å². The third-order valence-electron chi connectivity index (χ3n) is 4.20. The van der Waals surface area contributed by atoms with E-state index in [4.69, 9.17) is 0 Å². The number of likely N-dealkylation sites (tertiary alicyclic amines) is 1. The summed E-state index contributed by atoms with van der Waals surface area (Å²) >= 11 is 0. The summed E-state index contributed by atoms with van der Waals surface area (Å²) in [5, 5.41) is 3.00. The molecule has 1 aliphatic heterocycles. The zero-order chi connectivity index (χ0) is 16.8. The number of rotatable bonds is 7. The van der Waals surface area contributed by atoms with E-state index in [1.54, 1.807) is 0 Å². The number of hydrogen-bond donors (Lipinski definition) is 1. The second-order valence-electron chi connectivity index (χ2n) is 6.41. The van der Waals surface area contributed by atoms with Crippen molar-refractivity contribution >= 4 is 11.8 Å². The van der Waals surface area contributed by atoms with Crippen LogP contribution in [0, 0.1) is 6.92 Å². The van der Waals surface area contributed by atoms with Gasteiger partial charge in [-0.3, -0.25) is 14.5 Å². The fraction of sp³-hybridized carbons (Fsp3) is 0.556. The van der Waals surface area contributed by atoms with Gasteiger partial charge in [0.2, 0.25) is 11.8 Å². The summed E-state index contributed by atoms with van der Waals surface area (Å²) in [5.74, 6) is 0.246. The number of nitrogens with zero attached hydrogens (tertiary/aromatic N) is 2. The van der Waals surface area contributed by atoms with Gasteiger partial charge >= 0.3 is 0 Å². The lowest BCUT2D eigenvalue weighted by Gasteiger charge is -2.24. The number of likely N-dealkylation sites (N-methyl/N-ethyl adjacent to an activating group) is 1. The van der Waals surface area contributed by atoms with Crippen LogP contribution in [0.2, 0.25) is 0 Å². The smallest absolute Gasteiger partial charge is 0.241 e. The Balaban J connectivity index is 1.85. The lowest BCUT2D eigenvalue weighted by atomic mass is 10.0. The van der Waals surface area contributed by atoms with Gasteiger partial charge < -0.3 is 10.2 Å². The van der Waals surface area contributed by atoms with E-state index in [-0.39, 0.29) is 17.9 Å². The maximum Gasteiger partial charge on any atom is 0.241 e. The number of hydrogen-bond acceptors (Lipinski definition) is 3. The summed E-state index contributed by atoms with van der Waals surface area (Å²) in [5.41, 5.74) is 2.15. The van der Waals surface area contributed by atoms with E-state index in [1.807, 2.05) is 55.1 Å². The normalized spacial score (nSPS) is 16.0. The number of carbonyl (C=O) groups excluding carboxylic acids is 2. The Labute approximate surface area is 138 Å². The molecule has 5 heteroatoms. The van der Waals surface area contributed by atoms with Crippen LogP contribution in [0.4, 0.5) is 0 Å². The number of nitrogens with one attached hydrogen (secondary N) is 1. The molecule has 2 rings (SSSR count). The van der Waals surface area contributed by atoms with Gasteiger partial charge in [0.1, 0.15) is 6.04 Å². The summed E-state index contributed by atoms with van der Waals surface area (Å²) < 4.78 is 0. The van der Waals surface area contributed by atoms with Gasteiger partial charge in [0, 0.05) is 26.1 Å².